The van der Waals surface area contributed by atoms with Crippen LogP contribution in [0.5, 0.6) is 0 Å². The van der Waals surface area contributed by atoms with Gasteiger partial charge in [-0.1, -0.05) is 206 Å². The van der Waals surface area contributed by atoms with Crippen LogP contribution >= 0.6 is 7.82 Å². The number of phosphoric ester groups is 1. The van der Waals surface area contributed by atoms with Gasteiger partial charge in [0.25, 0.3) is 0 Å². The summed E-state index contributed by atoms with van der Waals surface area (Å²) in [5.41, 5.74) is 0. The Morgan fingerprint density at radius 2 is 0.850 bits per heavy atom. The standard InChI is InChI=1S/C47H91O12P/c1-3-5-7-9-11-13-15-17-19-21-23-25-27-29-31-33-35-43(50)56-38-40(39-57-60(54,55)59-47-42(49)37-41(48)45(52)46(47)53)58-44(51)36-34-32-30-28-26-24-22-20-18-16-14-12-10-8-6-4-2/h40-42,45-49,52-53H,3-39H2,1-2H3,(H,54,55)/t40-,41+,42+,45-,46+,47+/m1/s1. The van der Waals surface area contributed by atoms with Crippen LogP contribution in [0.3, 0.4) is 0 Å². The van der Waals surface area contributed by atoms with Crippen LogP contribution in [0.1, 0.15) is 239 Å². The van der Waals surface area contributed by atoms with Gasteiger partial charge < -0.3 is 34.8 Å². The number of hydrogen-bond acceptors (Lipinski definition) is 11. The maximum atomic E-state index is 12.8. The average Bonchev–Trinajstić information content (AvgIpc) is 3.22. The van der Waals surface area contributed by atoms with Gasteiger partial charge in [0.05, 0.1) is 18.8 Å². The normalized spacial score (nSPS) is 20.8. The minimum absolute atomic E-state index is 0.135. The fourth-order valence-electron chi connectivity index (χ4n) is 7.92. The van der Waals surface area contributed by atoms with Crippen molar-refractivity contribution >= 4 is 19.8 Å². The first-order chi connectivity index (χ1) is 29.0. The van der Waals surface area contributed by atoms with Gasteiger partial charge in [-0.15, -0.1) is 0 Å². The first-order valence-corrected chi connectivity index (χ1v) is 26.2. The van der Waals surface area contributed by atoms with E-state index in [1.807, 2.05) is 0 Å². The predicted molar refractivity (Wildman–Crippen MR) is 238 cm³/mol. The molecule has 0 aromatic rings. The molecule has 0 amide bonds. The summed E-state index contributed by atoms with van der Waals surface area (Å²) in [6, 6.07) is 0. The van der Waals surface area contributed by atoms with Gasteiger partial charge in [-0.05, 0) is 12.8 Å². The number of carbonyl (C=O) groups is 2. The van der Waals surface area contributed by atoms with E-state index in [1.165, 1.54) is 154 Å². The van der Waals surface area contributed by atoms with Gasteiger partial charge in [-0.3, -0.25) is 18.6 Å². The average molecular weight is 879 g/mol. The van der Waals surface area contributed by atoms with Gasteiger partial charge in [0.1, 0.15) is 24.9 Å². The maximum absolute atomic E-state index is 12.8. The summed E-state index contributed by atoms with van der Waals surface area (Å²) in [5, 5.41) is 40.2. The lowest BCUT2D eigenvalue weighted by Crippen LogP contribution is -2.56. The third-order valence-electron chi connectivity index (χ3n) is 11.8. The number of ether oxygens (including phenoxy) is 2. The number of hydrogen-bond donors (Lipinski definition) is 5. The largest absolute Gasteiger partial charge is 0.472 e. The Kier molecular flexibility index (Phi) is 36.4. The Morgan fingerprint density at radius 1 is 0.500 bits per heavy atom. The number of unbranched alkanes of at least 4 members (excludes halogenated alkanes) is 30. The van der Waals surface area contributed by atoms with Gasteiger partial charge >= 0.3 is 19.8 Å². The highest BCUT2D eigenvalue weighted by Crippen LogP contribution is 2.47. The Bertz CT molecular complexity index is 1060. The van der Waals surface area contributed by atoms with Crippen molar-refractivity contribution < 1.29 is 58.0 Å². The van der Waals surface area contributed by atoms with Crippen molar-refractivity contribution in [3.8, 4) is 0 Å². The lowest BCUT2D eigenvalue weighted by atomic mass is 9.87. The molecule has 13 heteroatoms. The molecule has 1 aliphatic carbocycles. The molecule has 0 saturated heterocycles. The number of esters is 2. The first kappa shape index (κ1) is 56.9. The number of phosphoric acid groups is 1. The van der Waals surface area contributed by atoms with Crippen molar-refractivity contribution in [1.29, 1.82) is 0 Å². The molecule has 0 heterocycles. The number of aliphatic hydroxyl groups excluding tert-OH is 4. The van der Waals surface area contributed by atoms with E-state index in [-0.39, 0.29) is 19.4 Å². The molecular formula is C47H91O12P. The molecule has 0 radical (unpaired) electrons. The van der Waals surface area contributed by atoms with E-state index >= 15 is 0 Å². The van der Waals surface area contributed by atoms with Crippen molar-refractivity contribution in [2.45, 2.75) is 275 Å². The number of rotatable bonds is 42. The first-order valence-electron chi connectivity index (χ1n) is 24.7. The third-order valence-corrected chi connectivity index (χ3v) is 12.8. The van der Waals surface area contributed by atoms with Gasteiger partial charge in [-0.25, -0.2) is 4.57 Å². The molecule has 12 nitrogen and oxygen atoms in total. The van der Waals surface area contributed by atoms with Crippen molar-refractivity contribution in [2.75, 3.05) is 13.2 Å². The van der Waals surface area contributed by atoms with Crippen LogP contribution in [0, 0.1) is 0 Å². The number of aliphatic hydroxyl groups is 4. The predicted octanol–water partition coefficient (Wildman–Crippen LogP) is 11.1. The Balaban J connectivity index is 2.37. The summed E-state index contributed by atoms with van der Waals surface area (Å²) in [5.74, 6) is -1.02. The summed E-state index contributed by atoms with van der Waals surface area (Å²) in [4.78, 5) is 35.7. The van der Waals surface area contributed by atoms with E-state index in [2.05, 4.69) is 13.8 Å². The van der Waals surface area contributed by atoms with Gasteiger partial charge in [-0.2, -0.15) is 0 Å². The van der Waals surface area contributed by atoms with Crippen molar-refractivity contribution in [2.24, 2.45) is 0 Å². The SMILES string of the molecule is CCCCCCCCCCCCCCCCCCC(=O)OC[C@H](COP(=O)(O)O[C@@H]1[C@@H](O)[C@H](O)[C@@H](O)C[C@@H]1O)OC(=O)CCCCCCCCCCCCCCCCCC. The second-order valence-corrected chi connectivity index (χ2v) is 19.0. The molecule has 1 rings (SSSR count). The zero-order valence-electron chi connectivity index (χ0n) is 38.2. The Hall–Kier alpha value is -1.11. The lowest BCUT2D eigenvalue weighted by molar-refractivity contribution is -0.174. The molecule has 0 aromatic heterocycles. The van der Waals surface area contributed by atoms with Crippen LogP contribution in [0.4, 0.5) is 0 Å². The van der Waals surface area contributed by atoms with Crippen LogP contribution in [0.2, 0.25) is 0 Å². The third kappa shape index (κ3) is 31.7. The highest BCUT2D eigenvalue weighted by atomic mass is 31.2. The second kappa shape index (κ2) is 38.4. The molecule has 0 spiro atoms. The molecule has 1 saturated carbocycles. The monoisotopic (exact) mass is 879 g/mol. The molecule has 7 atom stereocenters. The molecule has 356 valence electrons. The molecule has 60 heavy (non-hydrogen) atoms. The molecule has 1 aliphatic rings. The summed E-state index contributed by atoms with van der Waals surface area (Å²) in [6.45, 7) is 3.46. The van der Waals surface area contributed by atoms with E-state index in [4.69, 9.17) is 18.5 Å². The van der Waals surface area contributed by atoms with Crippen molar-refractivity contribution in [1.82, 2.24) is 0 Å². The fraction of sp³-hybridized carbons (Fsp3) is 0.957. The van der Waals surface area contributed by atoms with Gasteiger partial charge in [0.2, 0.25) is 0 Å². The zero-order valence-corrected chi connectivity index (χ0v) is 39.1. The van der Waals surface area contributed by atoms with E-state index in [9.17, 15) is 39.5 Å². The summed E-state index contributed by atoms with van der Waals surface area (Å²) < 4.78 is 33.8. The van der Waals surface area contributed by atoms with E-state index in [0.717, 1.165) is 38.5 Å². The summed E-state index contributed by atoms with van der Waals surface area (Å²) in [7, 11) is -4.97. The smallest absolute Gasteiger partial charge is 0.462 e. The van der Waals surface area contributed by atoms with Crippen molar-refractivity contribution in [3.05, 3.63) is 0 Å². The molecule has 5 N–H and O–H groups in total. The molecular weight excluding hydrogens is 787 g/mol. The van der Waals surface area contributed by atoms with Gasteiger partial charge in [0.15, 0.2) is 6.10 Å². The molecule has 0 aliphatic heterocycles. The topological polar surface area (TPSA) is 189 Å². The zero-order chi connectivity index (χ0) is 44.1. The number of carbonyl (C=O) groups excluding carboxylic acids is 2. The van der Waals surface area contributed by atoms with E-state index in [0.29, 0.717) is 12.8 Å². The Morgan fingerprint density at radius 3 is 1.23 bits per heavy atom. The van der Waals surface area contributed by atoms with Crippen LogP contribution in [-0.2, 0) is 32.7 Å². The maximum Gasteiger partial charge on any atom is 0.472 e. The van der Waals surface area contributed by atoms with Crippen LogP contribution < -0.4 is 0 Å². The van der Waals surface area contributed by atoms with Gasteiger partial charge in [0, 0.05) is 19.3 Å². The summed E-state index contributed by atoms with van der Waals surface area (Å²) in [6.07, 6.45) is 29.5. The highest BCUT2D eigenvalue weighted by molar-refractivity contribution is 7.47. The van der Waals surface area contributed by atoms with Crippen molar-refractivity contribution in [3.63, 3.8) is 0 Å². The Labute approximate surface area is 365 Å². The summed E-state index contributed by atoms with van der Waals surface area (Å²) >= 11 is 0. The molecule has 1 unspecified atom stereocenters. The van der Waals surface area contributed by atoms with Crippen LogP contribution in [0.25, 0.3) is 0 Å². The van der Waals surface area contributed by atoms with E-state index in [1.54, 1.807) is 0 Å². The van der Waals surface area contributed by atoms with Crippen LogP contribution in [0.15, 0.2) is 0 Å². The molecule has 0 bridgehead atoms. The van der Waals surface area contributed by atoms with Crippen LogP contribution in [-0.4, -0.2) is 87.1 Å². The fourth-order valence-corrected chi connectivity index (χ4v) is 8.91. The minimum atomic E-state index is -4.97. The molecule has 1 fully saturated rings. The quantitative estimate of drug-likeness (QED) is 0.0222. The lowest BCUT2D eigenvalue weighted by Gasteiger charge is -2.38. The highest BCUT2D eigenvalue weighted by Gasteiger charge is 2.46. The molecule has 0 aromatic carbocycles. The van der Waals surface area contributed by atoms with E-state index < -0.39 is 69.4 Å². The minimum Gasteiger partial charge on any atom is -0.462 e. The second-order valence-electron chi connectivity index (χ2n) is 17.6.